The summed E-state index contributed by atoms with van der Waals surface area (Å²) in [5.74, 6) is 0.384. The number of benzene rings is 1. The van der Waals surface area contributed by atoms with Gasteiger partial charge in [0.2, 0.25) is 0 Å². The van der Waals surface area contributed by atoms with Crippen LogP contribution in [0.15, 0.2) is 40.2 Å². The molecule has 0 bridgehead atoms. The van der Waals surface area contributed by atoms with Crippen molar-refractivity contribution in [1.82, 2.24) is 20.0 Å². The number of fused-ring (bicyclic) bond motifs is 1. The molecule has 1 fully saturated rings. The summed E-state index contributed by atoms with van der Waals surface area (Å²) in [6.45, 7) is 6.74. The molecule has 0 aliphatic carbocycles. The van der Waals surface area contributed by atoms with E-state index in [4.69, 9.17) is 9.73 Å². The molecule has 2 N–H and O–H groups in total. The van der Waals surface area contributed by atoms with Gasteiger partial charge in [0, 0.05) is 17.7 Å². The van der Waals surface area contributed by atoms with Gasteiger partial charge in [0.1, 0.15) is 5.82 Å². The summed E-state index contributed by atoms with van der Waals surface area (Å²) in [4.78, 5) is 17.9. The maximum atomic E-state index is 13.4. The lowest BCUT2D eigenvalue weighted by Gasteiger charge is -2.36. The summed E-state index contributed by atoms with van der Waals surface area (Å²) in [5.41, 5.74) is 2.71. The number of aromatic amines is 2. The van der Waals surface area contributed by atoms with Crippen LogP contribution in [0.1, 0.15) is 56.0 Å². The first-order valence-corrected chi connectivity index (χ1v) is 11.2. The number of H-pyrrole nitrogens is 2. The van der Waals surface area contributed by atoms with Crippen molar-refractivity contribution in [2.75, 3.05) is 6.61 Å². The number of hydrogen-bond acceptors (Lipinski definition) is 5. The molecule has 0 spiro atoms. The molecule has 0 amide bonds. The number of ether oxygens (including phenoxy) is 1. The summed E-state index contributed by atoms with van der Waals surface area (Å²) < 4.78 is 21.2. The van der Waals surface area contributed by atoms with Gasteiger partial charge in [-0.05, 0) is 57.9 Å². The third kappa shape index (κ3) is 3.65. The number of rotatable bonds is 3. The maximum Gasteiger partial charge on any atom is 0.271 e. The number of aromatic nitrogens is 4. The van der Waals surface area contributed by atoms with Crippen LogP contribution in [-0.2, 0) is 4.74 Å². The Morgan fingerprint density at radius 2 is 2.06 bits per heavy atom. The van der Waals surface area contributed by atoms with Gasteiger partial charge >= 0.3 is 0 Å². The van der Waals surface area contributed by atoms with Gasteiger partial charge in [0.15, 0.2) is 5.82 Å². The molecule has 3 aromatic rings. The van der Waals surface area contributed by atoms with Crippen molar-refractivity contribution >= 4 is 22.6 Å². The molecular formula is C22H24FN5O2S. The molecule has 162 valence electrons. The van der Waals surface area contributed by atoms with Crippen LogP contribution in [0.25, 0.3) is 11.3 Å². The summed E-state index contributed by atoms with van der Waals surface area (Å²) in [5, 5.41) is 10.9. The number of nitrogens with zero attached hydrogens (tertiary/aromatic N) is 3. The van der Waals surface area contributed by atoms with Crippen molar-refractivity contribution in [2.24, 2.45) is 4.99 Å². The highest BCUT2D eigenvalue weighted by atomic mass is 32.2. The van der Waals surface area contributed by atoms with E-state index < -0.39 is 0 Å². The topological polar surface area (TPSA) is 88.1 Å². The second kappa shape index (κ2) is 7.49. The zero-order valence-corrected chi connectivity index (χ0v) is 18.4. The highest BCUT2D eigenvalue weighted by Crippen LogP contribution is 2.47. The second-order valence-electron chi connectivity index (χ2n) is 8.64. The van der Waals surface area contributed by atoms with E-state index in [2.05, 4.69) is 29.1 Å². The molecule has 9 heteroatoms. The molecule has 0 unspecified atom stereocenters. The van der Waals surface area contributed by atoms with Crippen LogP contribution in [0, 0.1) is 5.82 Å². The molecule has 31 heavy (non-hydrogen) atoms. The van der Waals surface area contributed by atoms with Gasteiger partial charge in [-0.15, -0.1) is 0 Å². The van der Waals surface area contributed by atoms with Gasteiger partial charge < -0.3 is 4.74 Å². The normalized spacial score (nSPS) is 22.8. The van der Waals surface area contributed by atoms with Crippen LogP contribution in [-0.4, -0.2) is 37.2 Å². The van der Waals surface area contributed by atoms with Gasteiger partial charge in [-0.2, -0.15) is 5.10 Å². The standard InChI is InChI=1S/C22H24FN5O2S/c1-12-25-20-17(21(29)27-28(20)15-8-9-30-22(2,3)10-15)19(31-12)16-11-24-26-18(16)13-4-6-14(23)7-5-13/h4-7,11,15,19H,8-10H2,1-3H3,(H,24,26)(H,27,29)/t15-,19-/m0/s1. The maximum absolute atomic E-state index is 13.4. The van der Waals surface area contributed by atoms with Crippen molar-refractivity contribution in [3.05, 3.63) is 57.8 Å². The Bertz CT molecular complexity index is 1210. The molecule has 1 aromatic carbocycles. The molecule has 2 aliphatic rings. The van der Waals surface area contributed by atoms with E-state index in [1.54, 1.807) is 18.3 Å². The van der Waals surface area contributed by atoms with E-state index in [0.717, 1.165) is 34.7 Å². The lowest BCUT2D eigenvalue weighted by Crippen LogP contribution is -2.35. The summed E-state index contributed by atoms with van der Waals surface area (Å²) in [6, 6.07) is 6.37. The Morgan fingerprint density at radius 3 is 2.81 bits per heavy atom. The third-order valence-corrected chi connectivity index (χ3v) is 7.03. The van der Waals surface area contributed by atoms with Crippen LogP contribution < -0.4 is 5.56 Å². The Balaban J connectivity index is 1.59. The van der Waals surface area contributed by atoms with E-state index in [0.29, 0.717) is 18.0 Å². The van der Waals surface area contributed by atoms with Crippen LogP contribution in [0.2, 0.25) is 0 Å². The molecule has 1 saturated heterocycles. The number of nitrogens with one attached hydrogen (secondary N) is 2. The van der Waals surface area contributed by atoms with E-state index in [1.165, 1.54) is 23.9 Å². The molecule has 2 atom stereocenters. The summed E-state index contributed by atoms with van der Waals surface area (Å²) in [7, 11) is 0. The van der Waals surface area contributed by atoms with E-state index in [9.17, 15) is 9.18 Å². The average Bonchev–Trinajstić information content (AvgIpc) is 3.32. The first kappa shape index (κ1) is 20.3. The third-order valence-electron chi connectivity index (χ3n) is 5.87. The number of thioether (sulfide) groups is 1. The first-order valence-electron chi connectivity index (χ1n) is 10.3. The van der Waals surface area contributed by atoms with Gasteiger partial charge in [0.05, 0.1) is 39.4 Å². The Morgan fingerprint density at radius 1 is 1.29 bits per heavy atom. The van der Waals surface area contributed by atoms with Crippen LogP contribution in [0.5, 0.6) is 0 Å². The molecule has 0 saturated carbocycles. The molecule has 2 aromatic heterocycles. The van der Waals surface area contributed by atoms with Crippen LogP contribution in [0.3, 0.4) is 0 Å². The predicted molar refractivity (Wildman–Crippen MR) is 120 cm³/mol. The van der Waals surface area contributed by atoms with Crippen molar-refractivity contribution in [3.8, 4) is 11.3 Å². The number of aliphatic imine (C=N–C) groups is 1. The van der Waals surface area contributed by atoms with E-state index in [1.807, 2.05) is 11.6 Å². The SMILES string of the molecule is CC1=Nc2c(c(=O)[nH]n2[C@H]2CCOC(C)(C)C2)[C@H](c2cn[nH]c2-c2ccc(F)cc2)S1. The van der Waals surface area contributed by atoms with Crippen molar-refractivity contribution < 1.29 is 9.13 Å². The van der Waals surface area contributed by atoms with Gasteiger partial charge in [0.25, 0.3) is 5.56 Å². The minimum atomic E-state index is -0.296. The van der Waals surface area contributed by atoms with Crippen LogP contribution >= 0.6 is 11.8 Å². The molecule has 4 heterocycles. The fraction of sp³-hybridized carbons (Fsp3) is 0.409. The lowest BCUT2D eigenvalue weighted by molar-refractivity contribution is -0.0705. The number of hydrogen-bond donors (Lipinski definition) is 2. The summed E-state index contributed by atoms with van der Waals surface area (Å²) in [6.07, 6.45) is 3.36. The highest BCUT2D eigenvalue weighted by molar-refractivity contribution is 8.14. The Kier molecular flexibility index (Phi) is 4.90. The molecule has 0 radical (unpaired) electrons. The summed E-state index contributed by atoms with van der Waals surface area (Å²) >= 11 is 1.53. The van der Waals surface area contributed by atoms with Crippen LogP contribution in [0.4, 0.5) is 10.2 Å². The minimum absolute atomic E-state index is 0.112. The molecule has 2 aliphatic heterocycles. The van der Waals surface area contributed by atoms with Gasteiger partial charge in [-0.1, -0.05) is 11.8 Å². The fourth-order valence-corrected chi connectivity index (χ4v) is 5.57. The number of halogens is 1. The van der Waals surface area contributed by atoms with Gasteiger partial charge in [-0.25, -0.2) is 9.38 Å². The Hall–Kier alpha value is -2.65. The fourth-order valence-electron chi connectivity index (χ4n) is 4.45. The lowest BCUT2D eigenvalue weighted by atomic mass is 9.94. The second-order valence-corrected chi connectivity index (χ2v) is 9.94. The molecule has 7 nitrogen and oxygen atoms in total. The quantitative estimate of drug-likeness (QED) is 0.616. The molecular weight excluding hydrogens is 417 g/mol. The highest BCUT2D eigenvalue weighted by Gasteiger charge is 2.36. The van der Waals surface area contributed by atoms with Crippen molar-refractivity contribution in [2.45, 2.75) is 50.5 Å². The predicted octanol–water partition coefficient (Wildman–Crippen LogP) is 4.72. The first-order chi connectivity index (χ1) is 14.8. The zero-order valence-electron chi connectivity index (χ0n) is 17.6. The molecule has 5 rings (SSSR count). The average molecular weight is 442 g/mol. The monoisotopic (exact) mass is 441 g/mol. The van der Waals surface area contributed by atoms with E-state index >= 15 is 0 Å². The zero-order chi connectivity index (χ0) is 21.8. The van der Waals surface area contributed by atoms with E-state index in [-0.39, 0.29) is 28.3 Å². The minimum Gasteiger partial charge on any atom is -0.375 e. The van der Waals surface area contributed by atoms with Crippen molar-refractivity contribution in [1.29, 1.82) is 0 Å². The Labute approximate surface area is 183 Å². The largest absolute Gasteiger partial charge is 0.375 e. The van der Waals surface area contributed by atoms with Crippen molar-refractivity contribution in [3.63, 3.8) is 0 Å². The smallest absolute Gasteiger partial charge is 0.271 e. The van der Waals surface area contributed by atoms with Gasteiger partial charge in [-0.3, -0.25) is 19.7 Å².